The SMILES string of the molecule is Cn1cncc1C1(NCCCl)c2ccc(Cl)c(c2)COc2cccc(c2)-c2nccc3ccc1cc23. The van der Waals surface area contributed by atoms with Crippen LogP contribution in [-0.2, 0) is 19.2 Å². The fourth-order valence-electron chi connectivity index (χ4n) is 5.15. The maximum atomic E-state index is 6.67. The largest absolute Gasteiger partial charge is 0.489 e. The zero-order valence-corrected chi connectivity index (χ0v) is 21.2. The summed E-state index contributed by atoms with van der Waals surface area (Å²) in [6.45, 7) is 0.919. The van der Waals surface area contributed by atoms with Crippen molar-refractivity contribution in [3.63, 3.8) is 0 Å². The quantitative estimate of drug-likeness (QED) is 0.286. The molecule has 5 aromatic rings. The number of rotatable bonds is 4. The maximum absolute atomic E-state index is 6.67. The van der Waals surface area contributed by atoms with E-state index in [4.69, 9.17) is 32.9 Å². The van der Waals surface area contributed by atoms with Gasteiger partial charge in [0.25, 0.3) is 0 Å². The third kappa shape index (κ3) is 3.75. The first-order chi connectivity index (χ1) is 17.6. The summed E-state index contributed by atoms with van der Waals surface area (Å²) < 4.78 is 8.27. The fraction of sp³-hybridized carbons (Fsp3) is 0.172. The van der Waals surface area contributed by atoms with Gasteiger partial charge in [-0.1, -0.05) is 41.9 Å². The highest BCUT2D eigenvalue weighted by Crippen LogP contribution is 2.41. The van der Waals surface area contributed by atoms with Crippen molar-refractivity contribution in [3.05, 3.63) is 113 Å². The predicted octanol–water partition coefficient (Wildman–Crippen LogP) is 6.30. The summed E-state index contributed by atoms with van der Waals surface area (Å²) in [5.41, 5.74) is 5.12. The lowest BCUT2D eigenvalue weighted by atomic mass is 9.78. The number of halogens is 2. The molecule has 0 amide bonds. The molecule has 5 nitrogen and oxygen atoms in total. The van der Waals surface area contributed by atoms with Gasteiger partial charge in [0.15, 0.2) is 0 Å². The number of pyridine rings is 1. The van der Waals surface area contributed by atoms with Gasteiger partial charge in [0.05, 0.1) is 23.9 Å². The molecule has 1 N–H and O–H groups in total. The number of imidazole rings is 1. The van der Waals surface area contributed by atoms with Crippen molar-refractivity contribution < 1.29 is 4.74 Å². The number of alkyl halides is 1. The van der Waals surface area contributed by atoms with E-state index in [1.54, 1.807) is 0 Å². The minimum absolute atomic E-state index is 0.336. The predicted molar refractivity (Wildman–Crippen MR) is 145 cm³/mol. The number of nitrogens with zero attached hydrogens (tertiary/aromatic N) is 3. The summed E-state index contributed by atoms with van der Waals surface area (Å²) in [5.74, 6) is 1.22. The molecule has 1 aliphatic heterocycles. The molecule has 7 heteroatoms. The highest BCUT2D eigenvalue weighted by Gasteiger charge is 2.39. The summed E-state index contributed by atoms with van der Waals surface area (Å²) in [4.78, 5) is 9.26. The average Bonchev–Trinajstić information content (AvgIpc) is 3.34. The van der Waals surface area contributed by atoms with E-state index in [2.05, 4.69) is 46.7 Å². The Labute approximate surface area is 219 Å². The van der Waals surface area contributed by atoms with Gasteiger partial charge in [0, 0.05) is 47.2 Å². The number of nitrogens with one attached hydrogen (secondary N) is 1. The van der Waals surface area contributed by atoms with Crippen LogP contribution in [0.4, 0.5) is 0 Å². The van der Waals surface area contributed by atoms with Crippen LogP contribution in [0, 0.1) is 0 Å². The van der Waals surface area contributed by atoms with Crippen LogP contribution in [0.3, 0.4) is 0 Å². The Balaban J connectivity index is 1.74. The van der Waals surface area contributed by atoms with Crippen molar-refractivity contribution in [2.24, 2.45) is 7.05 Å². The molecule has 0 saturated heterocycles. The molecule has 1 unspecified atom stereocenters. The second-order valence-corrected chi connectivity index (χ2v) is 9.76. The molecule has 0 aliphatic carbocycles. The summed E-state index contributed by atoms with van der Waals surface area (Å²) in [6, 6.07) is 22.8. The standard InChI is InChI=1S/C29H24Cl2N4O/c1-35-18-32-16-27(35)29(34-12-10-30)22-7-8-26(31)21(13-22)17-36-24-4-2-3-20(14-24)28-25-15-23(29)6-5-19(25)9-11-33-28/h2-9,11,13-16,18,34H,10,12,17H2,1H3. The van der Waals surface area contributed by atoms with Crippen LogP contribution < -0.4 is 10.1 Å². The summed E-state index contributed by atoms with van der Waals surface area (Å²) in [5, 5.41) is 6.59. The van der Waals surface area contributed by atoms with Gasteiger partial charge >= 0.3 is 0 Å². The van der Waals surface area contributed by atoms with Crippen LogP contribution in [-0.4, -0.2) is 27.0 Å². The Kier molecular flexibility index (Phi) is 5.92. The third-order valence-corrected chi connectivity index (χ3v) is 7.42. The number of benzene rings is 3. The van der Waals surface area contributed by atoms with Gasteiger partial charge in [-0.25, -0.2) is 4.98 Å². The molecule has 180 valence electrons. The average molecular weight is 515 g/mol. The zero-order chi connectivity index (χ0) is 24.7. The number of aryl methyl sites for hydroxylation is 1. The third-order valence-electron chi connectivity index (χ3n) is 6.87. The van der Waals surface area contributed by atoms with Gasteiger partial charge in [-0.15, -0.1) is 11.6 Å². The summed E-state index contributed by atoms with van der Waals surface area (Å²) in [7, 11) is 2.01. The van der Waals surface area contributed by atoms with Gasteiger partial charge in [0.1, 0.15) is 17.9 Å². The molecule has 2 aromatic heterocycles. The molecule has 0 spiro atoms. The Morgan fingerprint density at radius 2 is 1.92 bits per heavy atom. The summed E-state index contributed by atoms with van der Waals surface area (Å²) >= 11 is 12.9. The second kappa shape index (κ2) is 9.25. The fourth-order valence-corrected chi connectivity index (χ4v) is 5.42. The van der Waals surface area contributed by atoms with Gasteiger partial charge in [-0.2, -0.15) is 0 Å². The van der Waals surface area contributed by atoms with Crippen LogP contribution >= 0.6 is 23.2 Å². The number of aromatic nitrogens is 3. The van der Waals surface area contributed by atoms with E-state index in [1.807, 2.05) is 60.7 Å². The van der Waals surface area contributed by atoms with Gasteiger partial charge < -0.3 is 9.30 Å². The number of ether oxygens (including phenoxy) is 1. The van der Waals surface area contributed by atoms with Crippen LogP contribution in [0.1, 0.15) is 22.4 Å². The summed E-state index contributed by atoms with van der Waals surface area (Å²) in [6.07, 6.45) is 5.58. The van der Waals surface area contributed by atoms with Crippen molar-refractivity contribution in [2.75, 3.05) is 12.4 Å². The Hall–Kier alpha value is -3.38. The van der Waals surface area contributed by atoms with Crippen molar-refractivity contribution in [1.29, 1.82) is 0 Å². The van der Waals surface area contributed by atoms with E-state index in [0.29, 0.717) is 24.1 Å². The molecule has 6 rings (SSSR count). The molecular weight excluding hydrogens is 491 g/mol. The lowest BCUT2D eigenvalue weighted by Gasteiger charge is -2.37. The Morgan fingerprint density at radius 1 is 1.06 bits per heavy atom. The Morgan fingerprint density at radius 3 is 2.75 bits per heavy atom. The van der Waals surface area contributed by atoms with Crippen LogP contribution in [0.2, 0.25) is 5.02 Å². The number of hydrogen-bond donors (Lipinski definition) is 1. The van der Waals surface area contributed by atoms with E-state index >= 15 is 0 Å². The lowest BCUT2D eigenvalue weighted by Crippen LogP contribution is -2.46. The smallest absolute Gasteiger partial charge is 0.120 e. The number of fused-ring (bicyclic) bond motifs is 6. The van der Waals surface area contributed by atoms with Crippen molar-refractivity contribution in [2.45, 2.75) is 12.1 Å². The van der Waals surface area contributed by atoms with Crippen molar-refractivity contribution in [3.8, 4) is 17.0 Å². The van der Waals surface area contributed by atoms with Crippen LogP contribution in [0.15, 0.2) is 85.5 Å². The van der Waals surface area contributed by atoms with Crippen molar-refractivity contribution >= 4 is 34.0 Å². The monoisotopic (exact) mass is 514 g/mol. The molecule has 0 radical (unpaired) electrons. The number of hydrogen-bond acceptors (Lipinski definition) is 4. The minimum atomic E-state index is -0.743. The normalized spacial score (nSPS) is 16.8. The highest BCUT2D eigenvalue weighted by atomic mass is 35.5. The van der Waals surface area contributed by atoms with Gasteiger partial charge in [-0.05, 0) is 52.9 Å². The van der Waals surface area contributed by atoms with Crippen molar-refractivity contribution in [1.82, 2.24) is 19.9 Å². The molecule has 0 fully saturated rings. The van der Waals surface area contributed by atoms with Crippen LogP contribution in [0.5, 0.6) is 5.75 Å². The molecule has 3 aromatic carbocycles. The molecule has 1 atom stereocenters. The van der Waals surface area contributed by atoms with E-state index in [0.717, 1.165) is 50.2 Å². The first-order valence-corrected chi connectivity index (χ1v) is 12.7. The molecule has 6 bridgehead atoms. The van der Waals surface area contributed by atoms with E-state index < -0.39 is 5.54 Å². The zero-order valence-electron chi connectivity index (χ0n) is 19.7. The van der Waals surface area contributed by atoms with Gasteiger partial charge in [0.2, 0.25) is 0 Å². The molecular formula is C29H24Cl2N4O. The minimum Gasteiger partial charge on any atom is -0.489 e. The van der Waals surface area contributed by atoms with Crippen LogP contribution in [0.25, 0.3) is 22.0 Å². The molecule has 3 heterocycles. The van der Waals surface area contributed by atoms with E-state index in [1.165, 1.54) is 0 Å². The first-order valence-electron chi connectivity index (χ1n) is 11.8. The lowest BCUT2D eigenvalue weighted by molar-refractivity contribution is 0.306. The molecule has 36 heavy (non-hydrogen) atoms. The highest BCUT2D eigenvalue weighted by molar-refractivity contribution is 6.31. The first kappa shape index (κ1) is 23.0. The molecule has 0 saturated carbocycles. The van der Waals surface area contributed by atoms with Gasteiger partial charge in [-0.3, -0.25) is 10.3 Å². The maximum Gasteiger partial charge on any atom is 0.120 e. The van der Waals surface area contributed by atoms with E-state index in [-0.39, 0.29) is 0 Å². The molecule has 1 aliphatic rings. The second-order valence-electron chi connectivity index (χ2n) is 8.97. The van der Waals surface area contributed by atoms with E-state index in [9.17, 15) is 0 Å². The Bertz CT molecular complexity index is 1580. The topological polar surface area (TPSA) is 52.0 Å².